The molecule has 1 aliphatic rings. The molecule has 1 aliphatic heterocycles. The Hall–Kier alpha value is -1.20. The van der Waals surface area contributed by atoms with Crippen molar-refractivity contribution in [2.24, 2.45) is 5.73 Å². The van der Waals surface area contributed by atoms with Crippen molar-refractivity contribution in [3.63, 3.8) is 0 Å². The van der Waals surface area contributed by atoms with E-state index in [4.69, 9.17) is 11.1 Å². The molecule has 0 spiro atoms. The highest BCUT2D eigenvalue weighted by atomic mass is 32.2. The van der Waals surface area contributed by atoms with Crippen molar-refractivity contribution < 1.29 is 0 Å². The predicted octanol–water partition coefficient (Wildman–Crippen LogP) is 1.85. The molecule has 1 heterocycles. The van der Waals surface area contributed by atoms with Gasteiger partial charge in [0, 0.05) is 37.4 Å². The van der Waals surface area contributed by atoms with E-state index >= 15 is 0 Å². The van der Waals surface area contributed by atoms with E-state index < -0.39 is 0 Å². The molecule has 0 radical (unpaired) electrons. The van der Waals surface area contributed by atoms with Crippen molar-refractivity contribution in [1.29, 1.82) is 5.41 Å². The molecule has 1 aromatic carbocycles. The van der Waals surface area contributed by atoms with Crippen molar-refractivity contribution in [3.05, 3.63) is 29.8 Å². The minimum Gasteiger partial charge on any atom is -0.384 e. The fourth-order valence-electron chi connectivity index (χ4n) is 2.51. The SMILES string of the molecule is CSCCCN1CCN(c2ccc(C(=N)N)cc2)CC1. The van der Waals surface area contributed by atoms with E-state index in [1.54, 1.807) is 0 Å². The van der Waals surface area contributed by atoms with Crippen LogP contribution in [0.2, 0.25) is 0 Å². The Morgan fingerprint density at radius 3 is 2.40 bits per heavy atom. The summed E-state index contributed by atoms with van der Waals surface area (Å²) >= 11 is 1.93. The minimum atomic E-state index is 0.134. The maximum atomic E-state index is 7.41. The first kappa shape index (κ1) is 15.2. The lowest BCUT2D eigenvalue weighted by atomic mass is 10.1. The summed E-state index contributed by atoms with van der Waals surface area (Å²) in [5.41, 5.74) is 7.51. The average molecular weight is 292 g/mol. The van der Waals surface area contributed by atoms with E-state index in [9.17, 15) is 0 Å². The first-order chi connectivity index (χ1) is 9.70. The van der Waals surface area contributed by atoms with Gasteiger partial charge in [-0.2, -0.15) is 11.8 Å². The number of benzene rings is 1. The summed E-state index contributed by atoms with van der Waals surface area (Å²) in [5, 5.41) is 7.41. The minimum absolute atomic E-state index is 0.134. The monoisotopic (exact) mass is 292 g/mol. The molecule has 1 fully saturated rings. The van der Waals surface area contributed by atoms with Crippen LogP contribution in [-0.2, 0) is 0 Å². The fourth-order valence-corrected chi connectivity index (χ4v) is 2.93. The van der Waals surface area contributed by atoms with Crippen LogP contribution >= 0.6 is 11.8 Å². The molecule has 110 valence electrons. The lowest BCUT2D eigenvalue weighted by molar-refractivity contribution is 0.259. The Balaban J connectivity index is 1.82. The lowest BCUT2D eigenvalue weighted by Crippen LogP contribution is -2.46. The van der Waals surface area contributed by atoms with Crippen LogP contribution in [0.25, 0.3) is 0 Å². The van der Waals surface area contributed by atoms with Crippen LogP contribution < -0.4 is 10.6 Å². The number of nitrogens with zero attached hydrogens (tertiary/aromatic N) is 2. The number of nitrogens with two attached hydrogens (primary N) is 1. The number of hydrogen-bond donors (Lipinski definition) is 2. The summed E-state index contributed by atoms with van der Waals surface area (Å²) in [4.78, 5) is 4.96. The van der Waals surface area contributed by atoms with Gasteiger partial charge in [-0.3, -0.25) is 10.3 Å². The summed E-state index contributed by atoms with van der Waals surface area (Å²) in [6.07, 6.45) is 3.46. The second kappa shape index (κ2) is 7.55. The second-order valence-electron chi connectivity index (χ2n) is 5.14. The van der Waals surface area contributed by atoms with Crippen molar-refractivity contribution in [2.75, 3.05) is 49.6 Å². The largest absolute Gasteiger partial charge is 0.384 e. The number of amidine groups is 1. The Morgan fingerprint density at radius 1 is 1.20 bits per heavy atom. The molecular formula is C15H24N4S. The van der Waals surface area contributed by atoms with Crippen molar-refractivity contribution in [3.8, 4) is 0 Å². The number of nitrogen functional groups attached to an aromatic ring is 1. The van der Waals surface area contributed by atoms with Gasteiger partial charge >= 0.3 is 0 Å². The Bertz CT molecular complexity index is 424. The topological polar surface area (TPSA) is 56.4 Å². The zero-order chi connectivity index (χ0) is 14.4. The summed E-state index contributed by atoms with van der Waals surface area (Å²) < 4.78 is 0. The second-order valence-corrected chi connectivity index (χ2v) is 6.12. The van der Waals surface area contributed by atoms with Crippen molar-refractivity contribution in [2.45, 2.75) is 6.42 Å². The third kappa shape index (κ3) is 4.15. The van der Waals surface area contributed by atoms with Gasteiger partial charge in [0.1, 0.15) is 5.84 Å². The van der Waals surface area contributed by atoms with Crippen LogP contribution in [0.4, 0.5) is 5.69 Å². The van der Waals surface area contributed by atoms with Crippen LogP contribution in [0.15, 0.2) is 24.3 Å². The molecule has 5 heteroatoms. The molecule has 0 aliphatic carbocycles. The molecule has 0 atom stereocenters. The van der Waals surface area contributed by atoms with Crippen molar-refractivity contribution >= 4 is 23.3 Å². The van der Waals surface area contributed by atoms with E-state index in [0.29, 0.717) is 0 Å². The highest BCUT2D eigenvalue weighted by Gasteiger charge is 2.16. The Labute approximate surface area is 125 Å². The van der Waals surface area contributed by atoms with Gasteiger partial charge in [0.25, 0.3) is 0 Å². The first-order valence-electron chi connectivity index (χ1n) is 7.11. The molecule has 0 bridgehead atoms. The number of piperazine rings is 1. The zero-order valence-electron chi connectivity index (χ0n) is 12.1. The molecule has 3 N–H and O–H groups in total. The first-order valence-corrected chi connectivity index (χ1v) is 8.51. The standard InChI is InChI=1S/C15H24N4S/c1-20-12-2-7-18-8-10-19(11-9-18)14-5-3-13(4-6-14)15(16)17/h3-6H,2,7-12H2,1H3,(H3,16,17). The molecule has 1 saturated heterocycles. The zero-order valence-corrected chi connectivity index (χ0v) is 13.0. The molecule has 1 aromatic rings. The van der Waals surface area contributed by atoms with Crippen LogP contribution in [0.3, 0.4) is 0 Å². The molecular weight excluding hydrogens is 268 g/mol. The highest BCUT2D eigenvalue weighted by molar-refractivity contribution is 7.98. The van der Waals surface area contributed by atoms with Gasteiger partial charge in [-0.05, 0) is 49.2 Å². The Kier molecular flexibility index (Phi) is 5.73. The van der Waals surface area contributed by atoms with Crippen LogP contribution in [0.1, 0.15) is 12.0 Å². The third-order valence-electron chi connectivity index (χ3n) is 3.74. The number of rotatable bonds is 6. The normalized spacial score (nSPS) is 16.4. The lowest BCUT2D eigenvalue weighted by Gasteiger charge is -2.36. The molecule has 20 heavy (non-hydrogen) atoms. The summed E-state index contributed by atoms with van der Waals surface area (Å²) in [6.45, 7) is 5.67. The van der Waals surface area contributed by atoms with Gasteiger partial charge in [0.15, 0.2) is 0 Å². The van der Waals surface area contributed by atoms with Gasteiger partial charge in [0.2, 0.25) is 0 Å². The van der Waals surface area contributed by atoms with Gasteiger partial charge in [-0.25, -0.2) is 0 Å². The quantitative estimate of drug-likeness (QED) is 0.477. The Morgan fingerprint density at radius 2 is 1.85 bits per heavy atom. The molecule has 0 aromatic heterocycles. The highest BCUT2D eigenvalue weighted by Crippen LogP contribution is 2.17. The summed E-state index contributed by atoms with van der Waals surface area (Å²) in [7, 11) is 0. The molecule has 0 amide bonds. The molecule has 2 rings (SSSR count). The van der Waals surface area contributed by atoms with Crippen LogP contribution in [0, 0.1) is 5.41 Å². The summed E-state index contributed by atoms with van der Waals surface area (Å²) in [5.74, 6) is 1.39. The molecule has 0 saturated carbocycles. The fraction of sp³-hybridized carbons (Fsp3) is 0.533. The molecule has 0 unspecified atom stereocenters. The smallest absolute Gasteiger partial charge is 0.122 e. The maximum Gasteiger partial charge on any atom is 0.122 e. The summed E-state index contributed by atoms with van der Waals surface area (Å²) in [6, 6.07) is 8.01. The van der Waals surface area contributed by atoms with Crippen LogP contribution in [0.5, 0.6) is 0 Å². The third-order valence-corrected chi connectivity index (χ3v) is 4.44. The van der Waals surface area contributed by atoms with E-state index in [1.165, 1.54) is 24.4 Å². The van der Waals surface area contributed by atoms with E-state index in [2.05, 4.69) is 28.2 Å². The van der Waals surface area contributed by atoms with Crippen molar-refractivity contribution in [1.82, 2.24) is 4.90 Å². The molecule has 4 nitrogen and oxygen atoms in total. The number of anilines is 1. The van der Waals surface area contributed by atoms with Gasteiger partial charge in [0.05, 0.1) is 0 Å². The van der Waals surface area contributed by atoms with Gasteiger partial charge in [-0.1, -0.05) is 0 Å². The van der Waals surface area contributed by atoms with Gasteiger partial charge in [-0.15, -0.1) is 0 Å². The van der Waals surface area contributed by atoms with E-state index in [0.717, 1.165) is 31.7 Å². The van der Waals surface area contributed by atoms with Crippen LogP contribution in [-0.4, -0.2) is 55.5 Å². The van der Waals surface area contributed by atoms with E-state index in [1.807, 2.05) is 23.9 Å². The maximum absolute atomic E-state index is 7.41. The number of hydrogen-bond acceptors (Lipinski definition) is 4. The van der Waals surface area contributed by atoms with E-state index in [-0.39, 0.29) is 5.84 Å². The van der Waals surface area contributed by atoms with Gasteiger partial charge < -0.3 is 10.6 Å². The average Bonchev–Trinajstić information content (AvgIpc) is 2.48. The number of nitrogens with one attached hydrogen (secondary N) is 1. The number of thioether (sulfide) groups is 1. The predicted molar refractivity (Wildman–Crippen MR) is 89.1 cm³/mol.